The summed E-state index contributed by atoms with van der Waals surface area (Å²) < 4.78 is 7.03. The Kier molecular flexibility index (Phi) is 4.07. The summed E-state index contributed by atoms with van der Waals surface area (Å²) in [4.78, 5) is 22.1. The third-order valence-electron chi connectivity index (χ3n) is 3.68. The molecule has 1 saturated heterocycles. The van der Waals surface area contributed by atoms with Crippen LogP contribution in [0.2, 0.25) is 0 Å². The van der Waals surface area contributed by atoms with Gasteiger partial charge in [-0.25, -0.2) is 9.48 Å². The van der Waals surface area contributed by atoms with Crippen LogP contribution in [0.3, 0.4) is 0 Å². The van der Waals surface area contributed by atoms with Crippen molar-refractivity contribution < 1.29 is 24.5 Å². The Hall–Kier alpha value is -2.74. The third-order valence-corrected chi connectivity index (χ3v) is 3.68. The van der Waals surface area contributed by atoms with E-state index in [4.69, 9.17) is 9.84 Å². The highest BCUT2D eigenvalue weighted by molar-refractivity contribution is 5.86. The molecule has 2 N–H and O–H groups in total. The van der Waals surface area contributed by atoms with Crippen LogP contribution in [0.4, 0.5) is 0 Å². The van der Waals surface area contributed by atoms with Crippen LogP contribution < -0.4 is 0 Å². The molecule has 8 nitrogen and oxygen atoms in total. The van der Waals surface area contributed by atoms with E-state index in [1.807, 2.05) is 0 Å². The lowest BCUT2D eigenvalue weighted by molar-refractivity contribution is -0.136. The van der Waals surface area contributed by atoms with E-state index in [9.17, 15) is 14.7 Å². The third kappa shape index (κ3) is 3.07. The molecule has 2 heterocycles. The van der Waals surface area contributed by atoms with Gasteiger partial charge in [-0.3, -0.25) is 4.79 Å². The SMILES string of the molecule is O=C(O)Cc1ccc(-n2nnc(C(=O)O)c2C2CCCO2)cc1. The van der Waals surface area contributed by atoms with Crippen LogP contribution in [0.25, 0.3) is 5.69 Å². The summed E-state index contributed by atoms with van der Waals surface area (Å²) in [5.74, 6) is -2.06. The number of hydrogen-bond acceptors (Lipinski definition) is 5. The zero-order chi connectivity index (χ0) is 16.4. The maximum absolute atomic E-state index is 11.4. The zero-order valence-electron chi connectivity index (χ0n) is 12.2. The molecule has 0 saturated carbocycles. The Morgan fingerprint density at radius 3 is 2.57 bits per heavy atom. The summed E-state index contributed by atoms with van der Waals surface area (Å²) in [5, 5.41) is 25.8. The molecule has 23 heavy (non-hydrogen) atoms. The molecule has 1 aromatic heterocycles. The minimum Gasteiger partial charge on any atom is -0.481 e. The van der Waals surface area contributed by atoms with Gasteiger partial charge in [0.05, 0.1) is 12.1 Å². The molecule has 1 fully saturated rings. The van der Waals surface area contributed by atoms with Gasteiger partial charge in [0, 0.05) is 6.61 Å². The zero-order valence-corrected chi connectivity index (χ0v) is 12.2. The summed E-state index contributed by atoms with van der Waals surface area (Å²) in [7, 11) is 0. The van der Waals surface area contributed by atoms with Gasteiger partial charge >= 0.3 is 11.9 Å². The average Bonchev–Trinajstić information content (AvgIpc) is 3.16. The number of hydrogen-bond donors (Lipinski definition) is 2. The van der Waals surface area contributed by atoms with Crippen molar-refractivity contribution in [2.45, 2.75) is 25.4 Å². The molecule has 0 bridgehead atoms. The summed E-state index contributed by atoms with van der Waals surface area (Å²) in [5.41, 5.74) is 1.57. The van der Waals surface area contributed by atoms with Crippen LogP contribution in [0, 0.1) is 0 Å². The predicted molar refractivity (Wildman–Crippen MR) is 77.6 cm³/mol. The maximum Gasteiger partial charge on any atom is 0.358 e. The van der Waals surface area contributed by atoms with Gasteiger partial charge in [-0.1, -0.05) is 17.3 Å². The second-order valence-corrected chi connectivity index (χ2v) is 5.28. The van der Waals surface area contributed by atoms with Gasteiger partial charge in [-0.2, -0.15) is 0 Å². The number of carboxylic acid groups (broad SMARTS) is 2. The van der Waals surface area contributed by atoms with Crippen molar-refractivity contribution in [3.05, 3.63) is 41.2 Å². The van der Waals surface area contributed by atoms with Crippen molar-refractivity contribution in [1.82, 2.24) is 15.0 Å². The van der Waals surface area contributed by atoms with Crippen LogP contribution in [-0.4, -0.2) is 43.8 Å². The molecule has 120 valence electrons. The summed E-state index contributed by atoms with van der Waals surface area (Å²) >= 11 is 0. The Balaban J connectivity index is 1.98. The van der Waals surface area contributed by atoms with Crippen molar-refractivity contribution in [3.63, 3.8) is 0 Å². The molecule has 1 atom stereocenters. The second kappa shape index (κ2) is 6.17. The number of nitrogens with zero attached hydrogens (tertiary/aromatic N) is 3. The lowest BCUT2D eigenvalue weighted by atomic mass is 10.1. The first-order valence-corrected chi connectivity index (χ1v) is 7.18. The molecule has 1 aliphatic rings. The van der Waals surface area contributed by atoms with Crippen molar-refractivity contribution in [3.8, 4) is 5.69 Å². The van der Waals surface area contributed by atoms with Gasteiger partial charge in [0.2, 0.25) is 0 Å². The Labute approximate surface area is 131 Å². The fraction of sp³-hybridized carbons (Fsp3) is 0.333. The largest absolute Gasteiger partial charge is 0.481 e. The van der Waals surface area contributed by atoms with Gasteiger partial charge in [0.15, 0.2) is 5.69 Å². The number of carbonyl (C=O) groups is 2. The smallest absolute Gasteiger partial charge is 0.358 e. The highest BCUT2D eigenvalue weighted by Gasteiger charge is 2.30. The number of rotatable bonds is 5. The van der Waals surface area contributed by atoms with Crippen LogP contribution in [0.1, 0.15) is 40.7 Å². The van der Waals surface area contributed by atoms with Crippen molar-refractivity contribution in [1.29, 1.82) is 0 Å². The Morgan fingerprint density at radius 1 is 1.26 bits per heavy atom. The molecule has 0 spiro atoms. The number of ether oxygens (including phenoxy) is 1. The first kappa shape index (κ1) is 15.2. The summed E-state index contributed by atoms with van der Waals surface area (Å²) in [6.07, 6.45) is 1.14. The van der Waals surface area contributed by atoms with Crippen LogP contribution in [0.5, 0.6) is 0 Å². The van der Waals surface area contributed by atoms with Crippen LogP contribution in [0.15, 0.2) is 24.3 Å². The van der Waals surface area contributed by atoms with Crippen LogP contribution >= 0.6 is 0 Å². The molecule has 0 radical (unpaired) electrons. The lowest BCUT2D eigenvalue weighted by Gasteiger charge is -2.13. The van der Waals surface area contributed by atoms with Gasteiger partial charge in [0.1, 0.15) is 11.8 Å². The number of carboxylic acids is 2. The van der Waals surface area contributed by atoms with E-state index in [2.05, 4.69) is 10.3 Å². The Morgan fingerprint density at radius 2 is 2.00 bits per heavy atom. The molecule has 0 amide bonds. The number of aromatic nitrogens is 3. The van der Waals surface area contributed by atoms with Crippen molar-refractivity contribution in [2.75, 3.05) is 6.61 Å². The van der Waals surface area contributed by atoms with Crippen molar-refractivity contribution in [2.24, 2.45) is 0 Å². The molecule has 8 heteroatoms. The van der Waals surface area contributed by atoms with Gasteiger partial charge < -0.3 is 14.9 Å². The number of benzene rings is 1. The number of aromatic carboxylic acids is 1. The number of aliphatic carboxylic acids is 1. The average molecular weight is 317 g/mol. The second-order valence-electron chi connectivity index (χ2n) is 5.28. The fourth-order valence-electron chi connectivity index (χ4n) is 2.64. The molecular formula is C15H15N3O5. The highest BCUT2D eigenvalue weighted by Crippen LogP contribution is 2.31. The first-order valence-electron chi connectivity index (χ1n) is 7.18. The van der Waals surface area contributed by atoms with Gasteiger partial charge in [-0.15, -0.1) is 5.10 Å². The molecule has 3 rings (SSSR count). The molecule has 1 aromatic carbocycles. The van der Waals surface area contributed by atoms with Gasteiger partial charge in [0.25, 0.3) is 0 Å². The fourth-order valence-corrected chi connectivity index (χ4v) is 2.64. The van der Waals surface area contributed by atoms with E-state index < -0.39 is 11.9 Å². The first-order chi connectivity index (χ1) is 11.1. The topological polar surface area (TPSA) is 115 Å². The quantitative estimate of drug-likeness (QED) is 0.857. The van der Waals surface area contributed by atoms with E-state index in [0.29, 0.717) is 30.0 Å². The normalized spacial score (nSPS) is 17.3. The lowest BCUT2D eigenvalue weighted by Crippen LogP contribution is -2.11. The summed E-state index contributed by atoms with van der Waals surface area (Å²) in [6.45, 7) is 0.576. The monoisotopic (exact) mass is 317 g/mol. The van der Waals surface area contributed by atoms with E-state index in [0.717, 1.165) is 6.42 Å². The minimum absolute atomic E-state index is 0.0728. The van der Waals surface area contributed by atoms with Crippen molar-refractivity contribution >= 4 is 11.9 Å². The molecule has 0 aliphatic carbocycles. The maximum atomic E-state index is 11.4. The minimum atomic E-state index is -1.15. The molecular weight excluding hydrogens is 302 g/mol. The standard InChI is InChI=1S/C15H15N3O5/c19-12(20)8-9-3-5-10(6-4-9)18-14(11-2-1-7-23-11)13(15(21)22)16-17-18/h3-6,11H,1-2,7-8H2,(H,19,20)(H,21,22). The van der Waals surface area contributed by atoms with E-state index in [-0.39, 0.29) is 18.2 Å². The summed E-state index contributed by atoms with van der Waals surface area (Å²) in [6, 6.07) is 6.73. The van der Waals surface area contributed by atoms with E-state index in [1.165, 1.54) is 4.68 Å². The van der Waals surface area contributed by atoms with E-state index >= 15 is 0 Å². The van der Waals surface area contributed by atoms with E-state index in [1.54, 1.807) is 24.3 Å². The molecule has 1 aliphatic heterocycles. The van der Waals surface area contributed by atoms with Gasteiger partial charge in [-0.05, 0) is 30.5 Å². The Bertz CT molecular complexity index is 732. The van der Waals surface area contributed by atoms with Crippen LogP contribution in [-0.2, 0) is 16.0 Å². The molecule has 2 aromatic rings. The molecule has 1 unspecified atom stereocenters. The highest BCUT2D eigenvalue weighted by atomic mass is 16.5. The predicted octanol–water partition coefficient (Wildman–Crippen LogP) is 1.44.